The Hall–Kier alpha value is -2.10. The van der Waals surface area contributed by atoms with Crippen molar-refractivity contribution in [2.45, 2.75) is 215 Å². The van der Waals surface area contributed by atoms with E-state index < -0.39 is 43.9 Å². The molecule has 7 nitrogen and oxygen atoms in total. The molecule has 1 aromatic rings. The summed E-state index contributed by atoms with van der Waals surface area (Å²) < 4.78 is 19.6. The van der Waals surface area contributed by atoms with Gasteiger partial charge in [0.15, 0.2) is 8.32 Å². The number of Topliss-reactive ketones (excluding diaryl/α,β-unsaturated/α-hetero) is 1. The quantitative estimate of drug-likeness (QED) is 0.0711. The number of hydrogen-bond acceptors (Lipinski definition) is 8. The molecule has 5 atom stereocenters. The van der Waals surface area contributed by atoms with Crippen molar-refractivity contribution in [1.82, 2.24) is 4.98 Å². The highest BCUT2D eigenvalue weighted by Gasteiger charge is 2.49. The molecular weight excluding hydrogens is 723 g/mol. The molecule has 0 aromatic carbocycles. The van der Waals surface area contributed by atoms with Crippen molar-refractivity contribution in [3.63, 3.8) is 0 Å². The molecule has 0 aliphatic carbocycles. The number of ether oxygens (including phenoxy) is 2. The maximum Gasteiger partial charge on any atom is 0.309 e. The molecule has 0 N–H and O–H groups in total. The monoisotopic (exact) mass is 802 g/mol. The highest BCUT2D eigenvalue weighted by molar-refractivity contribution is 7.09. The van der Waals surface area contributed by atoms with Crippen LogP contribution in [-0.2, 0) is 28.3 Å². The summed E-state index contributed by atoms with van der Waals surface area (Å²) in [6.07, 6.45) is 17.9. The molecule has 2 heterocycles. The number of thiazole rings is 1. The van der Waals surface area contributed by atoms with Crippen LogP contribution in [0.4, 0.5) is 0 Å². The fourth-order valence-electron chi connectivity index (χ4n) is 7.28. The molecule has 1 aliphatic heterocycles. The summed E-state index contributed by atoms with van der Waals surface area (Å²) in [5, 5.41) is 2.85. The number of hydrogen-bond donors (Lipinski definition) is 0. The van der Waals surface area contributed by atoms with Crippen LogP contribution in [0.3, 0.4) is 0 Å². The number of rotatable bonds is 16. The Morgan fingerprint density at radius 1 is 1.02 bits per heavy atom. The lowest BCUT2D eigenvalue weighted by Crippen LogP contribution is -2.53. The molecule has 2 rings (SSSR count). The summed E-state index contributed by atoms with van der Waals surface area (Å²) in [6.45, 7) is 26.9. The van der Waals surface area contributed by atoms with Crippen LogP contribution in [-0.4, -0.2) is 49.3 Å². The van der Waals surface area contributed by atoms with E-state index in [1.165, 1.54) is 50.5 Å². The van der Waals surface area contributed by atoms with Crippen LogP contribution in [0.15, 0.2) is 22.6 Å². The van der Waals surface area contributed by atoms with Crippen molar-refractivity contribution in [2.24, 2.45) is 17.3 Å². The standard InChI is InChI=1S/C46H79NO6SSi/c1-14-15-16-17-18-19-20-21-22-23-27-41(48)52-43-34(3)26-24-25-33(2)28-29-39(35(4)30-38-32-54-37(6)47-38)51-42(49)31-40(46(10,11)44(50)36(43)5)53-55(12,13)45(7,8)9/h28,30,32,34,36,39-40,43H,14-27,29,31H2,1-13H3/b33-28-,35-30+/t34-,36-,39?,40+,43+/m1/s1. The molecule has 0 fully saturated rings. The van der Waals surface area contributed by atoms with E-state index >= 15 is 0 Å². The zero-order valence-corrected chi connectivity index (χ0v) is 39.1. The van der Waals surface area contributed by atoms with Gasteiger partial charge >= 0.3 is 11.9 Å². The van der Waals surface area contributed by atoms with E-state index in [2.05, 4.69) is 65.7 Å². The third-order valence-corrected chi connectivity index (χ3v) is 17.5. The summed E-state index contributed by atoms with van der Waals surface area (Å²) >= 11 is 1.59. The average molecular weight is 802 g/mol. The van der Waals surface area contributed by atoms with E-state index in [0.29, 0.717) is 12.8 Å². The lowest BCUT2D eigenvalue weighted by molar-refractivity contribution is -0.160. The number of carbonyl (C=O) groups excluding carboxylic acids is 3. The Balaban J connectivity index is 2.37. The van der Waals surface area contributed by atoms with E-state index in [1.807, 2.05) is 46.1 Å². The second-order valence-electron chi connectivity index (χ2n) is 18.6. The van der Waals surface area contributed by atoms with Crippen LogP contribution < -0.4 is 0 Å². The first-order valence-electron chi connectivity index (χ1n) is 21.6. The highest BCUT2D eigenvalue weighted by atomic mass is 32.1. The molecule has 0 spiro atoms. The molecule has 1 aromatic heterocycles. The van der Waals surface area contributed by atoms with Crippen LogP contribution in [0.5, 0.6) is 0 Å². The Labute approximate surface area is 341 Å². The van der Waals surface area contributed by atoms with Gasteiger partial charge in [-0.1, -0.05) is 125 Å². The van der Waals surface area contributed by atoms with E-state index in [4.69, 9.17) is 13.9 Å². The van der Waals surface area contributed by atoms with E-state index in [9.17, 15) is 14.4 Å². The van der Waals surface area contributed by atoms with Gasteiger partial charge in [0.25, 0.3) is 0 Å². The summed E-state index contributed by atoms with van der Waals surface area (Å²) in [6, 6.07) is 0. The van der Waals surface area contributed by atoms with E-state index in [0.717, 1.165) is 54.8 Å². The summed E-state index contributed by atoms with van der Waals surface area (Å²) in [7, 11) is -2.45. The van der Waals surface area contributed by atoms with Crippen LogP contribution >= 0.6 is 11.3 Å². The first-order valence-corrected chi connectivity index (χ1v) is 25.3. The molecule has 1 aliphatic rings. The number of ketones is 1. The van der Waals surface area contributed by atoms with E-state index in [-0.39, 0.29) is 29.1 Å². The predicted octanol–water partition coefficient (Wildman–Crippen LogP) is 13.2. The molecule has 0 saturated carbocycles. The molecule has 314 valence electrons. The van der Waals surface area contributed by atoms with Crippen LogP contribution in [0.1, 0.15) is 183 Å². The van der Waals surface area contributed by atoms with Gasteiger partial charge in [-0.3, -0.25) is 14.4 Å². The number of aryl methyl sites for hydroxylation is 1. The van der Waals surface area contributed by atoms with Gasteiger partial charge in [-0.2, -0.15) is 0 Å². The summed E-state index contributed by atoms with van der Waals surface area (Å²) in [4.78, 5) is 46.8. The highest BCUT2D eigenvalue weighted by Crippen LogP contribution is 2.42. The van der Waals surface area contributed by atoms with Gasteiger partial charge in [-0.15, -0.1) is 11.3 Å². The predicted molar refractivity (Wildman–Crippen MR) is 233 cm³/mol. The van der Waals surface area contributed by atoms with Crippen molar-refractivity contribution in [2.75, 3.05) is 0 Å². The average Bonchev–Trinajstić information content (AvgIpc) is 3.51. The first-order chi connectivity index (χ1) is 25.7. The number of unbranched alkanes of at least 4 members (excludes halogenated alkanes) is 9. The van der Waals surface area contributed by atoms with Crippen LogP contribution in [0.25, 0.3) is 6.08 Å². The first kappa shape index (κ1) is 49.0. The van der Waals surface area contributed by atoms with Crippen molar-refractivity contribution in [3.8, 4) is 0 Å². The van der Waals surface area contributed by atoms with Gasteiger partial charge in [0.1, 0.15) is 18.0 Å². The van der Waals surface area contributed by atoms with Gasteiger partial charge in [0.2, 0.25) is 0 Å². The van der Waals surface area contributed by atoms with Gasteiger partial charge in [-0.05, 0) is 82.2 Å². The Morgan fingerprint density at radius 2 is 1.62 bits per heavy atom. The van der Waals surface area contributed by atoms with E-state index in [1.54, 1.807) is 11.3 Å². The van der Waals surface area contributed by atoms with Crippen molar-refractivity contribution in [1.29, 1.82) is 0 Å². The number of cyclic esters (lactones) is 1. The minimum Gasteiger partial charge on any atom is -0.461 e. The van der Waals surface area contributed by atoms with Gasteiger partial charge in [0.05, 0.1) is 29.1 Å². The SMILES string of the molecule is CCCCCCCCCCCCC(=O)O[C@H]1[C@H](C)CCC/C(C)=C\CC(/C(C)=C/c2csc(C)n2)OC(=O)C[C@H](O[Si](C)(C)C(C)(C)C)C(C)(C)C(=O)[C@@H]1C. The fourth-order valence-corrected chi connectivity index (χ4v) is 9.30. The topological polar surface area (TPSA) is 91.8 Å². The molecule has 0 amide bonds. The number of aromatic nitrogens is 1. The van der Waals surface area contributed by atoms with Crippen LogP contribution in [0.2, 0.25) is 18.1 Å². The van der Waals surface area contributed by atoms with Gasteiger partial charge in [0, 0.05) is 23.6 Å². The molecule has 0 saturated heterocycles. The second kappa shape index (κ2) is 23.3. The zero-order valence-electron chi connectivity index (χ0n) is 37.2. The molecule has 1 unspecified atom stereocenters. The third kappa shape index (κ3) is 16.7. The minimum atomic E-state index is -2.45. The van der Waals surface area contributed by atoms with Crippen molar-refractivity contribution in [3.05, 3.63) is 33.3 Å². The molecule has 55 heavy (non-hydrogen) atoms. The normalized spacial score (nSPS) is 24.9. The van der Waals surface area contributed by atoms with Crippen molar-refractivity contribution >= 4 is 43.5 Å². The zero-order chi connectivity index (χ0) is 41.4. The van der Waals surface area contributed by atoms with Gasteiger partial charge < -0.3 is 13.9 Å². The maximum absolute atomic E-state index is 14.8. The number of nitrogens with zero attached hydrogens (tertiary/aromatic N) is 1. The van der Waals surface area contributed by atoms with Gasteiger partial charge in [-0.25, -0.2) is 4.98 Å². The summed E-state index contributed by atoms with van der Waals surface area (Å²) in [5.74, 6) is -1.26. The minimum absolute atomic E-state index is 0.0173. The summed E-state index contributed by atoms with van der Waals surface area (Å²) in [5.41, 5.74) is 1.94. The number of esters is 2. The molecule has 0 bridgehead atoms. The Kier molecular flexibility index (Phi) is 20.8. The number of carbonyl (C=O) groups is 3. The molecule has 9 heteroatoms. The Bertz CT molecular complexity index is 1400. The molecular formula is C46H79NO6SSi. The Morgan fingerprint density at radius 3 is 2.18 bits per heavy atom. The van der Waals surface area contributed by atoms with Crippen molar-refractivity contribution < 1.29 is 28.3 Å². The smallest absolute Gasteiger partial charge is 0.309 e. The molecule has 0 radical (unpaired) electrons. The third-order valence-electron chi connectivity index (χ3n) is 12.2. The maximum atomic E-state index is 14.8. The lowest BCUT2D eigenvalue weighted by atomic mass is 9.73. The second-order valence-corrected chi connectivity index (χ2v) is 24.5. The fraction of sp³-hybridized carbons (Fsp3) is 0.783. The van der Waals surface area contributed by atoms with Crippen LogP contribution in [0, 0.1) is 24.2 Å². The lowest BCUT2D eigenvalue weighted by Gasteiger charge is -2.44. The largest absolute Gasteiger partial charge is 0.461 e. The number of allylic oxidation sites excluding steroid dienone is 1.